The number of esters is 1. The zero-order valence-corrected chi connectivity index (χ0v) is 9.04. The first-order chi connectivity index (χ1) is 7.24. The molecule has 0 radical (unpaired) electrons. The molecule has 0 aromatic heterocycles. The molecule has 0 atom stereocenters. The Morgan fingerprint density at radius 1 is 1.27 bits per heavy atom. The Labute approximate surface area is 93.6 Å². The molecule has 15 heavy (non-hydrogen) atoms. The molecule has 1 rings (SSSR count). The van der Waals surface area contributed by atoms with Gasteiger partial charge in [0.05, 0.1) is 12.2 Å². The van der Waals surface area contributed by atoms with Gasteiger partial charge < -0.3 is 9.84 Å². The van der Waals surface area contributed by atoms with E-state index in [1.165, 1.54) is 0 Å². The molecule has 3 nitrogen and oxygen atoms in total. The normalized spacial score (nSPS) is 10.0. The molecule has 0 saturated heterocycles. The van der Waals surface area contributed by atoms with Crippen LogP contribution in [0.3, 0.4) is 0 Å². The van der Waals surface area contributed by atoms with Crippen molar-refractivity contribution in [2.45, 2.75) is 12.8 Å². The molecule has 0 aliphatic rings. The molecule has 1 N–H and O–H groups in total. The highest BCUT2D eigenvalue weighted by atomic mass is 35.5. The van der Waals surface area contributed by atoms with E-state index in [1.807, 2.05) is 0 Å². The summed E-state index contributed by atoms with van der Waals surface area (Å²) in [5, 5.41) is 9.11. The summed E-state index contributed by atoms with van der Waals surface area (Å²) in [6.45, 7) is 0.459. The number of aliphatic hydroxyl groups is 1. The minimum absolute atomic E-state index is 0.124. The summed E-state index contributed by atoms with van der Waals surface area (Å²) >= 11 is 5.68. The topological polar surface area (TPSA) is 46.5 Å². The summed E-state index contributed by atoms with van der Waals surface area (Å²) in [4.78, 5) is 11.4. The maximum atomic E-state index is 11.4. The zero-order chi connectivity index (χ0) is 11.1. The van der Waals surface area contributed by atoms with Crippen LogP contribution in [-0.2, 0) is 4.74 Å². The molecule has 0 spiro atoms. The Kier molecular flexibility index (Phi) is 5.15. The fourth-order valence-electron chi connectivity index (χ4n) is 1.05. The number of carbonyl (C=O) groups is 1. The van der Waals surface area contributed by atoms with Crippen molar-refractivity contribution in [3.63, 3.8) is 0 Å². The molecule has 0 bridgehead atoms. The predicted molar refractivity (Wildman–Crippen MR) is 58.1 cm³/mol. The van der Waals surface area contributed by atoms with Crippen LogP contribution in [0, 0.1) is 0 Å². The van der Waals surface area contributed by atoms with Gasteiger partial charge in [-0.3, -0.25) is 0 Å². The van der Waals surface area contributed by atoms with Crippen molar-refractivity contribution in [1.29, 1.82) is 0 Å². The van der Waals surface area contributed by atoms with Crippen LogP contribution in [0.25, 0.3) is 0 Å². The molecule has 0 unspecified atom stereocenters. The van der Waals surface area contributed by atoms with Gasteiger partial charge in [-0.15, -0.1) is 0 Å². The highest BCUT2D eigenvalue weighted by Crippen LogP contribution is 2.10. The van der Waals surface area contributed by atoms with Crippen LogP contribution in [0.15, 0.2) is 24.3 Å². The largest absolute Gasteiger partial charge is 0.462 e. The van der Waals surface area contributed by atoms with Gasteiger partial charge in [-0.25, -0.2) is 4.79 Å². The lowest BCUT2D eigenvalue weighted by atomic mass is 10.2. The molecular weight excluding hydrogens is 216 g/mol. The van der Waals surface area contributed by atoms with Crippen molar-refractivity contribution < 1.29 is 14.6 Å². The summed E-state index contributed by atoms with van der Waals surface area (Å²) in [5.41, 5.74) is 0.489. The lowest BCUT2D eigenvalue weighted by molar-refractivity contribution is 0.0492. The fraction of sp³-hybridized carbons (Fsp3) is 0.364. The number of carbonyl (C=O) groups excluding carboxylic acids is 1. The summed E-state index contributed by atoms with van der Waals surface area (Å²) in [6, 6.07) is 6.53. The van der Waals surface area contributed by atoms with Crippen LogP contribution in [-0.4, -0.2) is 24.3 Å². The molecule has 0 heterocycles. The van der Waals surface area contributed by atoms with Crippen LogP contribution in [0.2, 0.25) is 5.02 Å². The number of hydrogen-bond donors (Lipinski definition) is 1. The average Bonchev–Trinajstić information content (AvgIpc) is 2.25. The van der Waals surface area contributed by atoms with E-state index in [0.29, 0.717) is 30.0 Å². The SMILES string of the molecule is O=C(OCCCCO)c1ccc(Cl)cc1. The van der Waals surface area contributed by atoms with E-state index in [2.05, 4.69) is 0 Å². The molecule has 0 aliphatic carbocycles. The van der Waals surface area contributed by atoms with Gasteiger partial charge in [0.15, 0.2) is 0 Å². The number of halogens is 1. The van der Waals surface area contributed by atoms with Crippen molar-refractivity contribution in [3.05, 3.63) is 34.9 Å². The number of unbranched alkanes of at least 4 members (excludes halogenated alkanes) is 1. The van der Waals surface area contributed by atoms with Gasteiger partial charge in [0, 0.05) is 11.6 Å². The van der Waals surface area contributed by atoms with Crippen LogP contribution in [0.4, 0.5) is 0 Å². The minimum atomic E-state index is -0.357. The van der Waals surface area contributed by atoms with Crippen molar-refractivity contribution in [2.24, 2.45) is 0 Å². The third-order valence-electron chi connectivity index (χ3n) is 1.87. The number of hydrogen-bond acceptors (Lipinski definition) is 3. The van der Waals surface area contributed by atoms with E-state index < -0.39 is 0 Å². The zero-order valence-electron chi connectivity index (χ0n) is 8.28. The fourth-order valence-corrected chi connectivity index (χ4v) is 1.17. The molecule has 4 heteroatoms. The molecule has 82 valence electrons. The number of aliphatic hydroxyl groups excluding tert-OH is 1. The molecule has 0 saturated carbocycles. The second-order valence-corrected chi connectivity index (χ2v) is 3.51. The predicted octanol–water partition coefficient (Wildman–Crippen LogP) is 2.27. The lowest BCUT2D eigenvalue weighted by Gasteiger charge is -2.03. The first kappa shape index (κ1) is 12.0. The quantitative estimate of drug-likeness (QED) is 0.621. The van der Waals surface area contributed by atoms with E-state index in [9.17, 15) is 4.79 Å². The van der Waals surface area contributed by atoms with E-state index in [-0.39, 0.29) is 12.6 Å². The Hall–Kier alpha value is -1.06. The summed E-state index contributed by atoms with van der Waals surface area (Å²) in [7, 11) is 0. The number of ether oxygens (including phenoxy) is 1. The summed E-state index contributed by atoms with van der Waals surface area (Å²) in [5.74, 6) is -0.357. The molecule has 0 amide bonds. The third-order valence-corrected chi connectivity index (χ3v) is 2.12. The van der Waals surface area contributed by atoms with Crippen LogP contribution in [0.1, 0.15) is 23.2 Å². The Morgan fingerprint density at radius 3 is 2.53 bits per heavy atom. The van der Waals surface area contributed by atoms with Crippen molar-refractivity contribution in [2.75, 3.05) is 13.2 Å². The van der Waals surface area contributed by atoms with Gasteiger partial charge in [0.2, 0.25) is 0 Å². The Bertz CT molecular complexity index is 308. The smallest absolute Gasteiger partial charge is 0.338 e. The van der Waals surface area contributed by atoms with Crippen LogP contribution >= 0.6 is 11.6 Å². The number of rotatable bonds is 5. The second-order valence-electron chi connectivity index (χ2n) is 3.07. The van der Waals surface area contributed by atoms with Gasteiger partial charge in [-0.2, -0.15) is 0 Å². The van der Waals surface area contributed by atoms with E-state index in [4.69, 9.17) is 21.4 Å². The second kappa shape index (κ2) is 6.43. The number of benzene rings is 1. The van der Waals surface area contributed by atoms with E-state index in [0.717, 1.165) is 0 Å². The van der Waals surface area contributed by atoms with Crippen LogP contribution in [0.5, 0.6) is 0 Å². The first-order valence-electron chi connectivity index (χ1n) is 4.77. The van der Waals surface area contributed by atoms with Gasteiger partial charge in [0.1, 0.15) is 0 Å². The lowest BCUT2D eigenvalue weighted by Crippen LogP contribution is -2.06. The highest BCUT2D eigenvalue weighted by molar-refractivity contribution is 6.30. The standard InChI is InChI=1S/C11H13ClO3/c12-10-5-3-9(4-6-10)11(14)15-8-2-1-7-13/h3-6,13H,1-2,7-8H2. The molecule has 1 aromatic carbocycles. The monoisotopic (exact) mass is 228 g/mol. The van der Waals surface area contributed by atoms with Crippen LogP contribution < -0.4 is 0 Å². The average molecular weight is 229 g/mol. The van der Waals surface area contributed by atoms with Crippen molar-refractivity contribution >= 4 is 17.6 Å². The Balaban J connectivity index is 2.37. The minimum Gasteiger partial charge on any atom is -0.462 e. The van der Waals surface area contributed by atoms with Gasteiger partial charge >= 0.3 is 5.97 Å². The van der Waals surface area contributed by atoms with E-state index >= 15 is 0 Å². The van der Waals surface area contributed by atoms with Gasteiger partial charge in [0.25, 0.3) is 0 Å². The maximum absolute atomic E-state index is 11.4. The van der Waals surface area contributed by atoms with Gasteiger partial charge in [-0.1, -0.05) is 11.6 Å². The van der Waals surface area contributed by atoms with Crippen molar-refractivity contribution in [3.8, 4) is 0 Å². The van der Waals surface area contributed by atoms with Gasteiger partial charge in [-0.05, 0) is 37.1 Å². The highest BCUT2D eigenvalue weighted by Gasteiger charge is 2.05. The molecule has 0 aliphatic heterocycles. The molecule has 1 aromatic rings. The third kappa shape index (κ3) is 4.32. The summed E-state index contributed by atoms with van der Waals surface area (Å²) in [6.07, 6.45) is 1.32. The molecule has 0 fully saturated rings. The van der Waals surface area contributed by atoms with E-state index in [1.54, 1.807) is 24.3 Å². The van der Waals surface area contributed by atoms with Crippen molar-refractivity contribution in [1.82, 2.24) is 0 Å². The maximum Gasteiger partial charge on any atom is 0.338 e. The first-order valence-corrected chi connectivity index (χ1v) is 5.15. The summed E-state index contributed by atoms with van der Waals surface area (Å²) < 4.78 is 4.98. The molecular formula is C11H13ClO3. The Morgan fingerprint density at radius 2 is 1.93 bits per heavy atom.